The SMILES string of the molecule is CC#CCCCCC(NCC)C1CC1. The number of hydrogen-bond acceptors (Lipinski definition) is 1. The zero-order valence-corrected chi connectivity index (χ0v) is 9.60. The molecule has 80 valence electrons. The molecule has 0 bridgehead atoms. The zero-order chi connectivity index (χ0) is 10.2. The fourth-order valence-corrected chi connectivity index (χ4v) is 1.97. The van der Waals surface area contributed by atoms with Crippen LogP contribution in [0.4, 0.5) is 0 Å². The maximum Gasteiger partial charge on any atom is 0.00952 e. The van der Waals surface area contributed by atoms with E-state index in [2.05, 4.69) is 24.1 Å². The third-order valence-electron chi connectivity index (χ3n) is 2.90. The Morgan fingerprint density at radius 1 is 1.36 bits per heavy atom. The van der Waals surface area contributed by atoms with Crippen molar-refractivity contribution in [2.75, 3.05) is 6.54 Å². The lowest BCUT2D eigenvalue weighted by molar-refractivity contribution is 0.430. The Bertz CT molecular complexity index is 195. The first-order valence-electron chi connectivity index (χ1n) is 6.01. The number of nitrogens with one attached hydrogen (secondary N) is 1. The largest absolute Gasteiger partial charge is 0.314 e. The summed E-state index contributed by atoms with van der Waals surface area (Å²) in [7, 11) is 0. The van der Waals surface area contributed by atoms with Crippen LogP contribution in [0, 0.1) is 17.8 Å². The van der Waals surface area contributed by atoms with Crippen LogP contribution in [0.5, 0.6) is 0 Å². The summed E-state index contributed by atoms with van der Waals surface area (Å²) in [6.45, 7) is 5.25. The van der Waals surface area contributed by atoms with Crippen LogP contribution in [0.15, 0.2) is 0 Å². The Labute approximate surface area is 88.7 Å². The van der Waals surface area contributed by atoms with E-state index in [1.54, 1.807) is 0 Å². The monoisotopic (exact) mass is 193 g/mol. The molecule has 0 aliphatic heterocycles. The van der Waals surface area contributed by atoms with Crippen LogP contribution in [0.2, 0.25) is 0 Å². The maximum absolute atomic E-state index is 3.60. The molecule has 0 aromatic rings. The number of hydrogen-bond donors (Lipinski definition) is 1. The molecule has 1 aliphatic rings. The van der Waals surface area contributed by atoms with Crippen LogP contribution in [0.3, 0.4) is 0 Å². The van der Waals surface area contributed by atoms with Crippen molar-refractivity contribution in [2.24, 2.45) is 5.92 Å². The Morgan fingerprint density at radius 3 is 2.71 bits per heavy atom. The quantitative estimate of drug-likeness (QED) is 0.484. The molecule has 1 nitrogen and oxygen atoms in total. The topological polar surface area (TPSA) is 12.0 Å². The molecule has 0 aromatic carbocycles. The lowest BCUT2D eigenvalue weighted by atomic mass is 10.0. The Balaban J connectivity index is 2.03. The Morgan fingerprint density at radius 2 is 2.14 bits per heavy atom. The smallest absolute Gasteiger partial charge is 0.00952 e. The first kappa shape index (κ1) is 11.6. The minimum Gasteiger partial charge on any atom is -0.314 e. The van der Waals surface area contributed by atoms with E-state index in [0.717, 1.165) is 24.9 Å². The molecule has 0 amide bonds. The van der Waals surface area contributed by atoms with Crippen molar-refractivity contribution < 1.29 is 0 Å². The van der Waals surface area contributed by atoms with Crippen LogP contribution in [0.1, 0.15) is 52.4 Å². The van der Waals surface area contributed by atoms with Crippen LogP contribution in [-0.2, 0) is 0 Å². The van der Waals surface area contributed by atoms with Gasteiger partial charge in [-0.3, -0.25) is 0 Å². The molecule has 1 atom stereocenters. The van der Waals surface area contributed by atoms with Gasteiger partial charge < -0.3 is 5.32 Å². The van der Waals surface area contributed by atoms with E-state index in [1.165, 1.54) is 32.1 Å². The summed E-state index contributed by atoms with van der Waals surface area (Å²) in [5.41, 5.74) is 0. The second kappa shape index (κ2) is 6.90. The lowest BCUT2D eigenvalue weighted by Gasteiger charge is -2.16. The highest BCUT2D eigenvalue weighted by Crippen LogP contribution is 2.34. The molecule has 1 aliphatic carbocycles. The van der Waals surface area contributed by atoms with Gasteiger partial charge in [-0.05, 0) is 45.1 Å². The predicted molar refractivity (Wildman–Crippen MR) is 62.1 cm³/mol. The van der Waals surface area contributed by atoms with Crippen LogP contribution < -0.4 is 5.32 Å². The van der Waals surface area contributed by atoms with Crippen molar-refractivity contribution in [3.05, 3.63) is 0 Å². The van der Waals surface area contributed by atoms with Gasteiger partial charge in [-0.1, -0.05) is 13.3 Å². The Kier molecular flexibility index (Phi) is 5.71. The zero-order valence-electron chi connectivity index (χ0n) is 9.60. The predicted octanol–water partition coefficient (Wildman–Crippen LogP) is 2.96. The van der Waals surface area contributed by atoms with E-state index < -0.39 is 0 Å². The lowest BCUT2D eigenvalue weighted by Crippen LogP contribution is -2.30. The molecule has 1 fully saturated rings. The van der Waals surface area contributed by atoms with Crippen LogP contribution >= 0.6 is 0 Å². The van der Waals surface area contributed by atoms with Gasteiger partial charge in [0.05, 0.1) is 0 Å². The molecule has 0 spiro atoms. The van der Waals surface area contributed by atoms with Crippen molar-refractivity contribution in [3.63, 3.8) is 0 Å². The first-order valence-corrected chi connectivity index (χ1v) is 6.01. The molecule has 14 heavy (non-hydrogen) atoms. The summed E-state index contributed by atoms with van der Waals surface area (Å²) in [4.78, 5) is 0. The standard InChI is InChI=1S/C13H23N/c1-3-5-6-7-8-9-13(14-4-2)12-10-11-12/h12-14H,4,6-11H2,1-2H3. The van der Waals surface area contributed by atoms with Gasteiger partial charge in [0.2, 0.25) is 0 Å². The summed E-state index contributed by atoms with van der Waals surface area (Å²) < 4.78 is 0. The van der Waals surface area contributed by atoms with Gasteiger partial charge in [-0.25, -0.2) is 0 Å². The highest BCUT2D eigenvalue weighted by Gasteiger charge is 2.29. The minimum absolute atomic E-state index is 0.801. The minimum atomic E-state index is 0.801. The Hall–Kier alpha value is -0.480. The molecular formula is C13H23N. The van der Waals surface area contributed by atoms with Gasteiger partial charge in [0.1, 0.15) is 0 Å². The van der Waals surface area contributed by atoms with Crippen molar-refractivity contribution in [1.29, 1.82) is 0 Å². The third-order valence-corrected chi connectivity index (χ3v) is 2.90. The molecule has 1 unspecified atom stereocenters. The molecule has 0 aromatic heterocycles. The van der Waals surface area contributed by atoms with E-state index in [9.17, 15) is 0 Å². The molecule has 0 radical (unpaired) electrons. The van der Waals surface area contributed by atoms with E-state index in [0.29, 0.717) is 0 Å². The fourth-order valence-electron chi connectivity index (χ4n) is 1.97. The van der Waals surface area contributed by atoms with E-state index in [1.807, 2.05) is 6.92 Å². The average Bonchev–Trinajstić information content (AvgIpc) is 2.99. The average molecular weight is 193 g/mol. The second-order valence-electron chi connectivity index (χ2n) is 4.17. The molecule has 0 saturated heterocycles. The number of rotatable bonds is 7. The fraction of sp³-hybridized carbons (Fsp3) is 0.846. The van der Waals surface area contributed by atoms with E-state index in [4.69, 9.17) is 0 Å². The summed E-state index contributed by atoms with van der Waals surface area (Å²) in [5.74, 6) is 7.07. The first-order chi connectivity index (χ1) is 6.88. The van der Waals surface area contributed by atoms with Crippen molar-refractivity contribution >= 4 is 0 Å². The highest BCUT2D eigenvalue weighted by atomic mass is 14.9. The molecule has 1 N–H and O–H groups in total. The van der Waals surface area contributed by atoms with Gasteiger partial charge >= 0.3 is 0 Å². The van der Waals surface area contributed by atoms with Crippen molar-refractivity contribution in [2.45, 2.75) is 58.4 Å². The van der Waals surface area contributed by atoms with Crippen LogP contribution in [-0.4, -0.2) is 12.6 Å². The molecule has 0 heterocycles. The van der Waals surface area contributed by atoms with Crippen LogP contribution in [0.25, 0.3) is 0 Å². The van der Waals surface area contributed by atoms with E-state index >= 15 is 0 Å². The van der Waals surface area contributed by atoms with E-state index in [-0.39, 0.29) is 0 Å². The molecule has 1 saturated carbocycles. The number of unbranched alkanes of at least 4 members (excludes halogenated alkanes) is 2. The maximum atomic E-state index is 3.60. The van der Waals surface area contributed by atoms with Gasteiger partial charge in [-0.15, -0.1) is 11.8 Å². The summed E-state index contributed by atoms with van der Waals surface area (Å²) in [6.07, 6.45) is 7.95. The van der Waals surface area contributed by atoms with Gasteiger partial charge in [0.25, 0.3) is 0 Å². The summed E-state index contributed by atoms with van der Waals surface area (Å²) in [6, 6.07) is 0.801. The molecule has 1 rings (SSSR count). The molecular weight excluding hydrogens is 170 g/mol. The van der Waals surface area contributed by atoms with Gasteiger partial charge in [0, 0.05) is 12.5 Å². The normalized spacial score (nSPS) is 17.3. The third kappa shape index (κ3) is 4.67. The molecule has 1 heteroatoms. The van der Waals surface area contributed by atoms with Crippen molar-refractivity contribution in [3.8, 4) is 11.8 Å². The summed E-state index contributed by atoms with van der Waals surface area (Å²) in [5, 5.41) is 3.60. The van der Waals surface area contributed by atoms with Gasteiger partial charge in [-0.2, -0.15) is 0 Å². The highest BCUT2D eigenvalue weighted by molar-refractivity contribution is 4.94. The van der Waals surface area contributed by atoms with Gasteiger partial charge in [0.15, 0.2) is 0 Å². The van der Waals surface area contributed by atoms with Crippen molar-refractivity contribution in [1.82, 2.24) is 5.32 Å². The second-order valence-corrected chi connectivity index (χ2v) is 4.17. The summed E-state index contributed by atoms with van der Waals surface area (Å²) >= 11 is 0.